The van der Waals surface area contributed by atoms with E-state index in [-0.39, 0.29) is 5.41 Å². The molecule has 0 saturated carbocycles. The first-order chi connectivity index (χ1) is 5.00. The van der Waals surface area contributed by atoms with E-state index in [0.717, 1.165) is 13.0 Å². The lowest BCUT2D eigenvalue weighted by Gasteiger charge is -2.24. The van der Waals surface area contributed by atoms with Crippen molar-refractivity contribution >= 4 is 5.84 Å². The molecule has 0 bridgehead atoms. The van der Waals surface area contributed by atoms with Gasteiger partial charge in [-0.15, -0.1) is 0 Å². The molecule has 1 rings (SSSR count). The predicted octanol–water partition coefficient (Wildman–Crippen LogP) is 1.72. The molecular formula is C9H16N2. The van der Waals surface area contributed by atoms with Gasteiger partial charge in [0.05, 0.1) is 0 Å². The van der Waals surface area contributed by atoms with E-state index in [9.17, 15) is 0 Å². The van der Waals surface area contributed by atoms with Crippen LogP contribution in [0.25, 0.3) is 0 Å². The standard InChI is InChI=1S/C9H16N2/c1-9(2,3)7-4-5-11-8(10)6-7/h6H,4-5H2,1-3H3,(H2,10,11). The predicted molar refractivity (Wildman–Crippen MR) is 48.6 cm³/mol. The average Bonchev–Trinajstić information content (AvgIpc) is 1.86. The lowest BCUT2D eigenvalue weighted by Crippen LogP contribution is -2.20. The second-order valence-electron chi connectivity index (χ2n) is 3.98. The van der Waals surface area contributed by atoms with Crippen LogP contribution in [0.3, 0.4) is 0 Å². The Hall–Kier alpha value is -0.790. The Labute approximate surface area is 68.2 Å². The van der Waals surface area contributed by atoms with Crippen LogP contribution in [0, 0.1) is 5.41 Å². The van der Waals surface area contributed by atoms with Crippen LogP contribution in [0.4, 0.5) is 0 Å². The minimum atomic E-state index is 0.251. The van der Waals surface area contributed by atoms with Crippen LogP contribution in [-0.4, -0.2) is 12.4 Å². The van der Waals surface area contributed by atoms with Crippen LogP contribution in [0.2, 0.25) is 0 Å². The van der Waals surface area contributed by atoms with Crippen LogP contribution < -0.4 is 5.73 Å². The van der Waals surface area contributed by atoms with E-state index >= 15 is 0 Å². The van der Waals surface area contributed by atoms with E-state index in [1.54, 1.807) is 0 Å². The molecule has 0 spiro atoms. The summed E-state index contributed by atoms with van der Waals surface area (Å²) in [4.78, 5) is 4.11. The number of hydrogen-bond acceptors (Lipinski definition) is 2. The molecule has 2 heteroatoms. The van der Waals surface area contributed by atoms with Crippen molar-refractivity contribution < 1.29 is 0 Å². The van der Waals surface area contributed by atoms with Gasteiger partial charge in [-0.1, -0.05) is 26.3 Å². The molecule has 0 fully saturated rings. The molecule has 0 aromatic carbocycles. The monoisotopic (exact) mass is 152 g/mol. The van der Waals surface area contributed by atoms with Gasteiger partial charge in [0.15, 0.2) is 0 Å². The lowest BCUT2D eigenvalue weighted by molar-refractivity contribution is 0.482. The van der Waals surface area contributed by atoms with Crippen LogP contribution >= 0.6 is 0 Å². The Morgan fingerprint density at radius 3 is 2.45 bits per heavy atom. The highest BCUT2D eigenvalue weighted by molar-refractivity contribution is 5.92. The number of hydrogen-bond donors (Lipinski definition) is 1. The van der Waals surface area contributed by atoms with Crippen molar-refractivity contribution in [2.75, 3.05) is 6.54 Å². The molecule has 0 radical (unpaired) electrons. The highest BCUT2D eigenvalue weighted by Crippen LogP contribution is 2.28. The van der Waals surface area contributed by atoms with Crippen LogP contribution in [-0.2, 0) is 0 Å². The zero-order valence-corrected chi connectivity index (χ0v) is 7.52. The first-order valence-corrected chi connectivity index (χ1v) is 4.01. The van der Waals surface area contributed by atoms with Crippen molar-refractivity contribution in [2.24, 2.45) is 16.1 Å². The average molecular weight is 152 g/mol. The Morgan fingerprint density at radius 1 is 1.45 bits per heavy atom. The van der Waals surface area contributed by atoms with Crippen molar-refractivity contribution in [3.8, 4) is 0 Å². The number of amidine groups is 1. The Kier molecular flexibility index (Phi) is 2.03. The summed E-state index contributed by atoms with van der Waals surface area (Å²) in [7, 11) is 0. The zero-order valence-electron chi connectivity index (χ0n) is 7.52. The molecule has 2 N–H and O–H groups in total. The first-order valence-electron chi connectivity index (χ1n) is 4.01. The quantitative estimate of drug-likeness (QED) is 0.564. The molecular weight excluding hydrogens is 136 g/mol. The minimum absolute atomic E-state index is 0.251. The number of rotatable bonds is 0. The number of dihydropyridines is 1. The summed E-state index contributed by atoms with van der Waals surface area (Å²) in [5.74, 6) is 0.682. The normalized spacial score (nSPS) is 19.2. The number of aliphatic imine (C=N–C) groups is 1. The highest BCUT2D eigenvalue weighted by atomic mass is 14.8. The summed E-state index contributed by atoms with van der Waals surface area (Å²) in [6.45, 7) is 7.47. The van der Waals surface area contributed by atoms with E-state index in [0.29, 0.717) is 5.84 Å². The summed E-state index contributed by atoms with van der Waals surface area (Å²) in [6, 6.07) is 0. The molecule has 0 amide bonds. The van der Waals surface area contributed by atoms with Gasteiger partial charge in [-0.3, -0.25) is 4.99 Å². The number of nitrogens with two attached hydrogens (primary N) is 1. The second kappa shape index (κ2) is 2.68. The summed E-state index contributed by atoms with van der Waals surface area (Å²) in [5, 5.41) is 0. The fourth-order valence-corrected chi connectivity index (χ4v) is 1.19. The van der Waals surface area contributed by atoms with Crippen LogP contribution in [0.15, 0.2) is 16.6 Å². The molecule has 0 saturated heterocycles. The van der Waals surface area contributed by atoms with Crippen molar-refractivity contribution in [3.05, 3.63) is 11.6 Å². The van der Waals surface area contributed by atoms with E-state index < -0.39 is 0 Å². The van der Waals surface area contributed by atoms with Gasteiger partial charge in [0.1, 0.15) is 5.84 Å². The molecule has 0 atom stereocenters. The van der Waals surface area contributed by atoms with Crippen molar-refractivity contribution in [1.29, 1.82) is 0 Å². The van der Waals surface area contributed by atoms with Crippen molar-refractivity contribution in [1.82, 2.24) is 0 Å². The van der Waals surface area contributed by atoms with Gasteiger partial charge in [0.25, 0.3) is 0 Å². The SMILES string of the molecule is CC(C)(C)C1=CC(N)=NCC1. The highest BCUT2D eigenvalue weighted by Gasteiger charge is 2.18. The van der Waals surface area contributed by atoms with Gasteiger partial charge in [0, 0.05) is 6.54 Å². The molecule has 1 heterocycles. The third-order valence-corrected chi connectivity index (χ3v) is 1.96. The Balaban J connectivity index is 2.82. The maximum atomic E-state index is 5.60. The van der Waals surface area contributed by atoms with Crippen LogP contribution in [0.1, 0.15) is 27.2 Å². The van der Waals surface area contributed by atoms with Gasteiger partial charge < -0.3 is 5.73 Å². The van der Waals surface area contributed by atoms with E-state index in [4.69, 9.17) is 5.73 Å². The maximum absolute atomic E-state index is 5.60. The van der Waals surface area contributed by atoms with Crippen molar-refractivity contribution in [3.63, 3.8) is 0 Å². The fraction of sp³-hybridized carbons (Fsp3) is 0.667. The summed E-state index contributed by atoms with van der Waals surface area (Å²) in [6.07, 6.45) is 3.06. The molecule has 0 aromatic heterocycles. The van der Waals surface area contributed by atoms with E-state index in [1.807, 2.05) is 6.08 Å². The Bertz CT molecular complexity index is 206. The Morgan fingerprint density at radius 2 is 2.09 bits per heavy atom. The molecule has 2 nitrogen and oxygen atoms in total. The van der Waals surface area contributed by atoms with Crippen LogP contribution in [0.5, 0.6) is 0 Å². The molecule has 62 valence electrons. The largest absolute Gasteiger partial charge is 0.384 e. The summed E-state index contributed by atoms with van der Waals surface area (Å²) < 4.78 is 0. The topological polar surface area (TPSA) is 38.4 Å². The van der Waals surface area contributed by atoms with E-state index in [1.165, 1.54) is 5.57 Å². The maximum Gasteiger partial charge on any atom is 0.118 e. The first kappa shape index (κ1) is 8.31. The third kappa shape index (κ3) is 2.07. The molecule has 0 aromatic rings. The van der Waals surface area contributed by atoms with Gasteiger partial charge in [-0.25, -0.2) is 0 Å². The fourth-order valence-electron chi connectivity index (χ4n) is 1.19. The van der Waals surface area contributed by atoms with Gasteiger partial charge >= 0.3 is 0 Å². The number of nitrogens with zero attached hydrogens (tertiary/aromatic N) is 1. The van der Waals surface area contributed by atoms with Gasteiger partial charge in [-0.2, -0.15) is 0 Å². The minimum Gasteiger partial charge on any atom is -0.384 e. The van der Waals surface area contributed by atoms with Crippen molar-refractivity contribution in [2.45, 2.75) is 27.2 Å². The molecule has 0 aliphatic carbocycles. The van der Waals surface area contributed by atoms with Gasteiger partial charge in [0.2, 0.25) is 0 Å². The molecule has 1 aliphatic heterocycles. The molecule has 0 unspecified atom stereocenters. The smallest absolute Gasteiger partial charge is 0.118 e. The molecule has 1 aliphatic rings. The summed E-state index contributed by atoms with van der Waals surface area (Å²) in [5.41, 5.74) is 7.25. The van der Waals surface area contributed by atoms with Gasteiger partial charge in [-0.05, 0) is 17.9 Å². The third-order valence-electron chi connectivity index (χ3n) is 1.96. The molecule has 11 heavy (non-hydrogen) atoms. The summed E-state index contributed by atoms with van der Waals surface area (Å²) >= 11 is 0. The zero-order chi connectivity index (χ0) is 8.48. The lowest BCUT2D eigenvalue weighted by atomic mass is 9.83. The van der Waals surface area contributed by atoms with E-state index in [2.05, 4.69) is 25.8 Å². The second-order valence-corrected chi connectivity index (χ2v) is 3.98.